The van der Waals surface area contributed by atoms with Gasteiger partial charge in [-0.15, -0.1) is 0 Å². The van der Waals surface area contributed by atoms with Gasteiger partial charge >= 0.3 is 6.18 Å². The predicted octanol–water partition coefficient (Wildman–Crippen LogP) is 1.69. The third kappa shape index (κ3) is 3.53. The third-order valence-electron chi connectivity index (χ3n) is 3.98. The van der Waals surface area contributed by atoms with Gasteiger partial charge in [-0.05, 0) is 30.5 Å². The summed E-state index contributed by atoms with van der Waals surface area (Å²) in [6.07, 6.45) is -4.57. The SMILES string of the molecule is NC[C@@H](Cc1ccc(F)cc1)N1CC[C@@](O)(C(F)(F)F)C1. The van der Waals surface area contributed by atoms with Crippen molar-refractivity contribution in [2.24, 2.45) is 5.73 Å². The van der Waals surface area contributed by atoms with E-state index in [0.29, 0.717) is 6.42 Å². The average molecular weight is 306 g/mol. The number of nitrogens with two attached hydrogens (primary N) is 1. The van der Waals surface area contributed by atoms with Gasteiger partial charge in [-0.3, -0.25) is 4.90 Å². The van der Waals surface area contributed by atoms with Crippen LogP contribution in [-0.4, -0.2) is 47.5 Å². The van der Waals surface area contributed by atoms with E-state index in [9.17, 15) is 22.7 Å². The molecule has 0 aromatic heterocycles. The lowest BCUT2D eigenvalue weighted by atomic mass is 10.0. The highest BCUT2D eigenvalue weighted by molar-refractivity contribution is 5.17. The minimum Gasteiger partial charge on any atom is -0.379 e. The first kappa shape index (κ1) is 16.2. The van der Waals surface area contributed by atoms with Gasteiger partial charge in [-0.25, -0.2) is 4.39 Å². The van der Waals surface area contributed by atoms with Crippen LogP contribution in [0.15, 0.2) is 24.3 Å². The quantitative estimate of drug-likeness (QED) is 0.833. The van der Waals surface area contributed by atoms with E-state index in [2.05, 4.69) is 0 Å². The van der Waals surface area contributed by atoms with Gasteiger partial charge in [0.2, 0.25) is 0 Å². The first-order valence-electron chi connectivity index (χ1n) is 6.73. The fourth-order valence-electron chi connectivity index (χ4n) is 2.62. The highest BCUT2D eigenvalue weighted by Crippen LogP contribution is 2.38. The molecule has 1 aromatic carbocycles. The molecule has 0 spiro atoms. The molecule has 1 fully saturated rings. The van der Waals surface area contributed by atoms with Crippen molar-refractivity contribution in [1.29, 1.82) is 0 Å². The number of benzene rings is 1. The summed E-state index contributed by atoms with van der Waals surface area (Å²) in [5.41, 5.74) is 3.79. The van der Waals surface area contributed by atoms with Crippen molar-refractivity contribution in [1.82, 2.24) is 4.90 Å². The normalized spacial score (nSPS) is 25.2. The molecule has 0 unspecified atom stereocenters. The number of likely N-dealkylation sites (tertiary alicyclic amines) is 1. The summed E-state index contributed by atoms with van der Waals surface area (Å²) in [6.45, 7) is -0.163. The lowest BCUT2D eigenvalue weighted by Crippen LogP contribution is -2.50. The van der Waals surface area contributed by atoms with E-state index in [4.69, 9.17) is 5.73 Å². The number of hydrogen-bond donors (Lipinski definition) is 2. The third-order valence-corrected chi connectivity index (χ3v) is 3.98. The maximum Gasteiger partial charge on any atom is 0.418 e. The van der Waals surface area contributed by atoms with Crippen LogP contribution in [0.5, 0.6) is 0 Å². The van der Waals surface area contributed by atoms with Crippen molar-refractivity contribution in [3.05, 3.63) is 35.6 Å². The summed E-state index contributed by atoms with van der Waals surface area (Å²) < 4.78 is 51.3. The van der Waals surface area contributed by atoms with Crippen molar-refractivity contribution < 1.29 is 22.7 Å². The number of rotatable bonds is 4. The molecule has 2 rings (SSSR count). The van der Waals surface area contributed by atoms with Crippen molar-refractivity contribution in [2.75, 3.05) is 19.6 Å². The summed E-state index contributed by atoms with van der Waals surface area (Å²) in [6, 6.07) is 5.47. The van der Waals surface area contributed by atoms with Crippen LogP contribution >= 0.6 is 0 Å². The second-order valence-corrected chi connectivity index (χ2v) is 5.47. The highest BCUT2D eigenvalue weighted by Gasteiger charge is 2.57. The first-order chi connectivity index (χ1) is 9.75. The number of β-amino-alcohol motifs (C(OH)–C–C–N with tert-alkyl or cyclic N) is 1. The lowest BCUT2D eigenvalue weighted by molar-refractivity contribution is -0.254. The highest BCUT2D eigenvalue weighted by atomic mass is 19.4. The van der Waals surface area contributed by atoms with Crippen LogP contribution in [-0.2, 0) is 6.42 Å². The molecule has 2 atom stereocenters. The van der Waals surface area contributed by atoms with Crippen LogP contribution < -0.4 is 5.73 Å². The molecule has 0 amide bonds. The summed E-state index contributed by atoms with van der Waals surface area (Å²) in [5.74, 6) is -0.365. The Bertz CT molecular complexity index is 477. The van der Waals surface area contributed by atoms with Crippen LogP contribution in [0.3, 0.4) is 0 Å². The predicted molar refractivity (Wildman–Crippen MR) is 70.1 cm³/mol. The van der Waals surface area contributed by atoms with E-state index >= 15 is 0 Å². The van der Waals surface area contributed by atoms with Crippen molar-refractivity contribution in [3.8, 4) is 0 Å². The Hall–Kier alpha value is -1.18. The average Bonchev–Trinajstić information content (AvgIpc) is 2.81. The Morgan fingerprint density at radius 3 is 2.38 bits per heavy atom. The van der Waals surface area contributed by atoms with Gasteiger partial charge in [-0.2, -0.15) is 13.2 Å². The summed E-state index contributed by atoms with van der Waals surface area (Å²) in [4.78, 5) is 1.55. The molecule has 0 saturated carbocycles. The number of aliphatic hydroxyl groups is 1. The lowest BCUT2D eigenvalue weighted by Gasteiger charge is -2.30. The van der Waals surface area contributed by atoms with E-state index in [1.165, 1.54) is 12.1 Å². The van der Waals surface area contributed by atoms with E-state index in [1.807, 2.05) is 0 Å². The maximum absolute atomic E-state index is 12.8. The molecule has 1 aliphatic heterocycles. The number of alkyl halides is 3. The van der Waals surface area contributed by atoms with Gasteiger partial charge in [0.05, 0.1) is 0 Å². The molecule has 21 heavy (non-hydrogen) atoms. The Kier molecular flexibility index (Phi) is 4.55. The van der Waals surface area contributed by atoms with Crippen molar-refractivity contribution in [3.63, 3.8) is 0 Å². The molecule has 3 N–H and O–H groups in total. The van der Waals surface area contributed by atoms with E-state index in [1.54, 1.807) is 17.0 Å². The molecule has 1 aliphatic rings. The molecular formula is C14H18F4N2O. The minimum atomic E-state index is -4.64. The van der Waals surface area contributed by atoms with E-state index in [0.717, 1.165) is 5.56 Å². The minimum absolute atomic E-state index is 0.138. The second kappa shape index (κ2) is 5.90. The second-order valence-electron chi connectivity index (χ2n) is 5.47. The summed E-state index contributed by atoms with van der Waals surface area (Å²) in [5, 5.41) is 9.69. The molecule has 1 heterocycles. The van der Waals surface area contributed by atoms with Gasteiger partial charge in [0.15, 0.2) is 5.60 Å². The van der Waals surface area contributed by atoms with Crippen LogP contribution in [0.25, 0.3) is 0 Å². The molecule has 118 valence electrons. The van der Waals surface area contributed by atoms with E-state index in [-0.39, 0.29) is 31.4 Å². The van der Waals surface area contributed by atoms with Crippen LogP contribution in [0.2, 0.25) is 0 Å². The van der Waals surface area contributed by atoms with Crippen LogP contribution in [0.1, 0.15) is 12.0 Å². The van der Waals surface area contributed by atoms with Gasteiger partial charge in [-0.1, -0.05) is 12.1 Å². The molecule has 0 bridgehead atoms. The zero-order valence-corrected chi connectivity index (χ0v) is 11.4. The van der Waals surface area contributed by atoms with Crippen LogP contribution in [0, 0.1) is 5.82 Å². The number of hydrogen-bond acceptors (Lipinski definition) is 3. The Labute approximate surface area is 120 Å². The Morgan fingerprint density at radius 1 is 1.29 bits per heavy atom. The molecule has 0 aliphatic carbocycles. The largest absolute Gasteiger partial charge is 0.418 e. The molecule has 3 nitrogen and oxygen atoms in total. The molecule has 0 radical (unpaired) electrons. The topological polar surface area (TPSA) is 49.5 Å². The van der Waals surface area contributed by atoms with Gasteiger partial charge < -0.3 is 10.8 Å². The number of halogens is 4. The monoisotopic (exact) mass is 306 g/mol. The zero-order chi connectivity index (χ0) is 15.7. The maximum atomic E-state index is 12.8. The molecular weight excluding hydrogens is 288 g/mol. The van der Waals surface area contributed by atoms with Crippen LogP contribution in [0.4, 0.5) is 17.6 Å². The fraction of sp³-hybridized carbons (Fsp3) is 0.571. The van der Waals surface area contributed by atoms with Gasteiger partial charge in [0, 0.05) is 25.7 Å². The van der Waals surface area contributed by atoms with Gasteiger partial charge in [0.25, 0.3) is 0 Å². The molecule has 1 saturated heterocycles. The van der Waals surface area contributed by atoms with Crippen molar-refractivity contribution in [2.45, 2.75) is 30.7 Å². The van der Waals surface area contributed by atoms with E-state index < -0.39 is 18.3 Å². The number of nitrogens with zero attached hydrogens (tertiary/aromatic N) is 1. The molecule has 1 aromatic rings. The standard InChI is InChI=1S/C14H18F4N2O/c15-11-3-1-10(2-4-11)7-12(8-19)20-6-5-13(21,9-20)14(16,17)18/h1-4,12,21H,5-9,19H2/t12-,13+/m1/s1. The summed E-state index contributed by atoms with van der Waals surface area (Å²) >= 11 is 0. The van der Waals surface area contributed by atoms with Crippen molar-refractivity contribution >= 4 is 0 Å². The Morgan fingerprint density at radius 2 is 1.90 bits per heavy atom. The van der Waals surface area contributed by atoms with Gasteiger partial charge in [0.1, 0.15) is 5.82 Å². The molecule has 7 heteroatoms. The first-order valence-corrected chi connectivity index (χ1v) is 6.73. The summed E-state index contributed by atoms with van der Waals surface area (Å²) in [7, 11) is 0. The fourth-order valence-corrected chi connectivity index (χ4v) is 2.62. The Balaban J connectivity index is 2.04. The smallest absolute Gasteiger partial charge is 0.379 e. The zero-order valence-electron chi connectivity index (χ0n) is 11.4.